The summed E-state index contributed by atoms with van der Waals surface area (Å²) in [7, 11) is 0. The normalized spacial score (nSPS) is 11.7. The first-order valence-corrected chi connectivity index (χ1v) is 13.9. The number of nitrogens with zero attached hydrogens (tertiary/aromatic N) is 4. The van der Waals surface area contributed by atoms with Crippen molar-refractivity contribution >= 4 is 56.3 Å². The second-order valence-corrected chi connectivity index (χ2v) is 10.1. The van der Waals surface area contributed by atoms with Crippen molar-refractivity contribution in [3.8, 4) is 0 Å². The van der Waals surface area contributed by atoms with Crippen LogP contribution >= 0.6 is 0 Å². The number of carbonyl (C=O) groups is 1. The molecule has 2 aromatic heterocycles. The molecule has 0 aliphatic rings. The number of benzene rings is 5. The molecule has 0 bridgehead atoms. The molecular formula is C35H27N7O. The number of amides is 1. The highest BCUT2D eigenvalue weighted by Crippen LogP contribution is 2.27. The molecule has 5 aromatic carbocycles. The molecular weight excluding hydrogens is 534 g/mol. The molecule has 0 spiro atoms. The van der Waals surface area contributed by atoms with Crippen LogP contribution in [-0.4, -0.2) is 25.7 Å². The van der Waals surface area contributed by atoms with Crippen molar-refractivity contribution in [2.75, 3.05) is 16.0 Å². The topological polar surface area (TPSA) is 96.8 Å². The molecule has 8 nitrogen and oxygen atoms in total. The summed E-state index contributed by atoms with van der Waals surface area (Å²) in [6.45, 7) is 0. The fraction of sp³-hybridized carbons (Fsp3) is 0.0286. The van der Waals surface area contributed by atoms with Gasteiger partial charge in [0.2, 0.25) is 0 Å². The molecule has 0 aliphatic heterocycles. The van der Waals surface area contributed by atoms with E-state index in [1.807, 2.05) is 134 Å². The Morgan fingerprint density at radius 1 is 0.628 bits per heavy atom. The third-order valence-corrected chi connectivity index (χ3v) is 7.17. The van der Waals surface area contributed by atoms with Gasteiger partial charge in [-0.25, -0.2) is 9.97 Å². The predicted octanol–water partition coefficient (Wildman–Crippen LogP) is 7.69. The van der Waals surface area contributed by atoms with E-state index in [4.69, 9.17) is 5.10 Å². The van der Waals surface area contributed by atoms with Gasteiger partial charge in [-0.2, -0.15) is 5.10 Å². The first-order chi connectivity index (χ1) is 21.2. The number of rotatable bonds is 8. The van der Waals surface area contributed by atoms with E-state index < -0.39 is 6.04 Å². The Morgan fingerprint density at radius 3 is 2.12 bits per heavy atom. The molecule has 2 heterocycles. The van der Waals surface area contributed by atoms with Crippen molar-refractivity contribution in [1.29, 1.82) is 0 Å². The Balaban J connectivity index is 1.13. The smallest absolute Gasteiger partial charge is 0.253 e. The second-order valence-electron chi connectivity index (χ2n) is 10.1. The van der Waals surface area contributed by atoms with Crippen LogP contribution < -0.4 is 16.0 Å². The predicted molar refractivity (Wildman–Crippen MR) is 172 cm³/mol. The van der Waals surface area contributed by atoms with E-state index >= 15 is 0 Å². The second kappa shape index (κ2) is 11.5. The number of hydrogen-bond acceptors (Lipinski definition) is 6. The van der Waals surface area contributed by atoms with Crippen LogP contribution in [0.2, 0.25) is 0 Å². The summed E-state index contributed by atoms with van der Waals surface area (Å²) in [5.41, 5.74) is 5.98. The van der Waals surface area contributed by atoms with Crippen LogP contribution in [0, 0.1) is 0 Å². The Kier molecular flexibility index (Phi) is 6.91. The molecule has 1 amide bonds. The van der Waals surface area contributed by atoms with Gasteiger partial charge in [-0.05, 0) is 72.3 Å². The maximum absolute atomic E-state index is 13.8. The van der Waals surface area contributed by atoms with Crippen molar-refractivity contribution in [2.24, 2.45) is 0 Å². The number of nitrogens with one attached hydrogen (secondary N) is 3. The maximum Gasteiger partial charge on any atom is 0.253 e. The summed E-state index contributed by atoms with van der Waals surface area (Å²) in [6, 6.07) is 40.4. The summed E-state index contributed by atoms with van der Waals surface area (Å²) in [5, 5.41) is 16.5. The number of anilines is 5. The van der Waals surface area contributed by atoms with Gasteiger partial charge < -0.3 is 16.0 Å². The summed E-state index contributed by atoms with van der Waals surface area (Å²) in [4.78, 5) is 22.5. The molecule has 0 fully saturated rings. The molecule has 0 saturated heterocycles. The van der Waals surface area contributed by atoms with E-state index in [1.165, 1.54) is 0 Å². The van der Waals surface area contributed by atoms with E-state index in [9.17, 15) is 4.79 Å². The minimum Gasteiger partial charge on any atom is -0.356 e. The lowest BCUT2D eigenvalue weighted by Crippen LogP contribution is -2.27. The standard InChI is InChI=1S/C35H27N7O/c43-35(40-28-17-15-27(16-18-28)39-34-30-13-7-8-14-32(30)36-23-37-34)33(24-9-3-1-4-10-24)42-22-25-21-29(19-20-31(25)41-42)38-26-11-5-2-6-12-26/h1-23,33,38H,(H,40,43)(H,36,37,39). The quantitative estimate of drug-likeness (QED) is 0.176. The molecule has 0 radical (unpaired) electrons. The van der Waals surface area contributed by atoms with Crippen molar-refractivity contribution in [3.05, 3.63) is 145 Å². The Labute approximate surface area is 248 Å². The lowest BCUT2D eigenvalue weighted by molar-refractivity contribution is -0.118. The number of hydrogen-bond donors (Lipinski definition) is 3. The Bertz CT molecular complexity index is 2020. The van der Waals surface area contributed by atoms with Crippen LogP contribution in [0.15, 0.2) is 140 Å². The fourth-order valence-corrected chi connectivity index (χ4v) is 5.09. The fourth-order valence-electron chi connectivity index (χ4n) is 5.09. The first-order valence-electron chi connectivity index (χ1n) is 13.9. The summed E-state index contributed by atoms with van der Waals surface area (Å²) in [6.07, 6.45) is 3.46. The monoisotopic (exact) mass is 561 g/mol. The number of carbonyl (C=O) groups excluding carboxylic acids is 1. The molecule has 0 aliphatic carbocycles. The summed E-state index contributed by atoms with van der Waals surface area (Å²) >= 11 is 0. The van der Waals surface area contributed by atoms with Gasteiger partial charge in [-0.3, -0.25) is 9.48 Å². The van der Waals surface area contributed by atoms with Crippen LogP contribution in [0.3, 0.4) is 0 Å². The van der Waals surface area contributed by atoms with E-state index in [0.717, 1.165) is 50.2 Å². The van der Waals surface area contributed by atoms with Crippen molar-refractivity contribution in [2.45, 2.75) is 6.04 Å². The van der Waals surface area contributed by atoms with Gasteiger partial charge in [0.05, 0.1) is 11.0 Å². The van der Waals surface area contributed by atoms with Crippen LogP contribution in [0.4, 0.5) is 28.6 Å². The molecule has 3 N–H and O–H groups in total. The molecule has 7 aromatic rings. The van der Waals surface area contributed by atoms with E-state index in [0.29, 0.717) is 5.69 Å². The molecule has 1 unspecified atom stereocenters. The summed E-state index contributed by atoms with van der Waals surface area (Å²) < 4.78 is 1.73. The molecule has 0 saturated carbocycles. The third-order valence-electron chi connectivity index (χ3n) is 7.17. The highest BCUT2D eigenvalue weighted by molar-refractivity contribution is 5.96. The van der Waals surface area contributed by atoms with E-state index in [-0.39, 0.29) is 5.91 Å². The van der Waals surface area contributed by atoms with Gasteiger partial charge in [-0.15, -0.1) is 0 Å². The summed E-state index contributed by atoms with van der Waals surface area (Å²) in [5.74, 6) is 0.531. The first kappa shape index (κ1) is 25.9. The number of aromatic nitrogens is 4. The van der Waals surface area contributed by atoms with Gasteiger partial charge in [0.15, 0.2) is 6.04 Å². The lowest BCUT2D eigenvalue weighted by atomic mass is 10.1. The molecule has 208 valence electrons. The van der Waals surface area contributed by atoms with Gasteiger partial charge in [0.25, 0.3) is 5.91 Å². The van der Waals surface area contributed by atoms with Crippen molar-refractivity contribution in [1.82, 2.24) is 19.7 Å². The zero-order valence-corrected chi connectivity index (χ0v) is 23.1. The zero-order chi connectivity index (χ0) is 29.0. The highest BCUT2D eigenvalue weighted by atomic mass is 16.2. The van der Waals surface area contributed by atoms with E-state index in [1.54, 1.807) is 11.0 Å². The van der Waals surface area contributed by atoms with Crippen molar-refractivity contribution in [3.63, 3.8) is 0 Å². The average Bonchev–Trinajstić information content (AvgIpc) is 3.46. The van der Waals surface area contributed by atoms with Gasteiger partial charge in [0, 0.05) is 39.7 Å². The SMILES string of the molecule is O=C(Nc1ccc(Nc2ncnc3ccccc23)cc1)C(c1ccccc1)n1cc2cc(Nc3ccccc3)ccc2n1. The van der Waals surface area contributed by atoms with Crippen LogP contribution in [-0.2, 0) is 4.79 Å². The van der Waals surface area contributed by atoms with Crippen LogP contribution in [0.1, 0.15) is 11.6 Å². The molecule has 8 heteroatoms. The van der Waals surface area contributed by atoms with Crippen LogP contribution in [0.25, 0.3) is 21.8 Å². The minimum absolute atomic E-state index is 0.191. The lowest BCUT2D eigenvalue weighted by Gasteiger charge is -2.18. The Morgan fingerprint density at radius 2 is 1.30 bits per heavy atom. The number of fused-ring (bicyclic) bond motifs is 2. The third kappa shape index (κ3) is 5.62. The van der Waals surface area contributed by atoms with Gasteiger partial charge >= 0.3 is 0 Å². The molecule has 43 heavy (non-hydrogen) atoms. The molecule has 7 rings (SSSR count). The average molecular weight is 562 g/mol. The van der Waals surface area contributed by atoms with Gasteiger partial charge in [-0.1, -0.05) is 60.7 Å². The number of para-hydroxylation sites is 2. The maximum atomic E-state index is 13.8. The van der Waals surface area contributed by atoms with Crippen molar-refractivity contribution < 1.29 is 4.79 Å². The minimum atomic E-state index is -0.663. The van der Waals surface area contributed by atoms with Gasteiger partial charge in [0.1, 0.15) is 12.1 Å². The van der Waals surface area contributed by atoms with E-state index in [2.05, 4.69) is 25.9 Å². The highest BCUT2D eigenvalue weighted by Gasteiger charge is 2.24. The largest absolute Gasteiger partial charge is 0.356 e. The zero-order valence-electron chi connectivity index (χ0n) is 23.1. The Hall–Kier alpha value is -6.02. The molecule has 1 atom stereocenters. The van der Waals surface area contributed by atoms with Crippen LogP contribution in [0.5, 0.6) is 0 Å².